The predicted octanol–water partition coefficient (Wildman–Crippen LogP) is 7.00. The Kier molecular flexibility index (Phi) is 5.87. The molecule has 1 saturated heterocycles. The predicted molar refractivity (Wildman–Crippen MR) is 148 cm³/mol. The number of hydrogen-bond donors (Lipinski definition) is 0. The summed E-state index contributed by atoms with van der Waals surface area (Å²) in [4.78, 5) is 14.9. The van der Waals surface area contributed by atoms with E-state index in [9.17, 15) is 0 Å². The molecular weight excluding hydrogens is 489 g/mol. The average Bonchev–Trinajstić information content (AvgIpc) is 3.46. The third kappa shape index (κ3) is 3.84. The van der Waals surface area contributed by atoms with E-state index in [-0.39, 0.29) is 17.2 Å². The number of ether oxygens (including phenoxy) is 2. The Balaban J connectivity index is 1.44. The Hall–Kier alpha value is -3.48. The summed E-state index contributed by atoms with van der Waals surface area (Å²) in [5, 5.41) is 0. The summed E-state index contributed by atoms with van der Waals surface area (Å²) in [6.07, 6.45) is 7.11. The second-order valence-electron chi connectivity index (χ2n) is 11.4. The summed E-state index contributed by atoms with van der Waals surface area (Å²) in [5.74, 6) is 0.397. The van der Waals surface area contributed by atoms with Gasteiger partial charge in [0.1, 0.15) is 5.82 Å². The maximum Gasteiger partial charge on any atom is 0.171 e. The highest BCUT2D eigenvalue weighted by molar-refractivity contribution is 5.81. The first-order valence-corrected chi connectivity index (χ1v) is 13.9. The zero-order valence-corrected chi connectivity index (χ0v) is 22.4. The summed E-state index contributed by atoms with van der Waals surface area (Å²) in [6, 6.07) is 19.1. The fourth-order valence-corrected chi connectivity index (χ4v) is 7.37. The third-order valence-electron chi connectivity index (χ3n) is 9.41. The van der Waals surface area contributed by atoms with Gasteiger partial charge in [-0.25, -0.2) is 14.4 Å². The van der Waals surface area contributed by atoms with Crippen molar-refractivity contribution in [1.29, 1.82) is 0 Å². The monoisotopic (exact) mass is 521 g/mol. The molecule has 0 N–H and O–H groups in total. The van der Waals surface area contributed by atoms with Crippen LogP contribution < -0.4 is 0 Å². The fraction of sp³-hybridized carbons (Fsp3) is 0.364. The second-order valence-corrected chi connectivity index (χ2v) is 11.4. The van der Waals surface area contributed by atoms with Gasteiger partial charge in [-0.2, -0.15) is 0 Å². The largest absolute Gasteiger partial charge is 0.347 e. The number of halogens is 1. The highest BCUT2D eigenvalue weighted by atomic mass is 19.1. The zero-order valence-electron chi connectivity index (χ0n) is 22.4. The van der Waals surface area contributed by atoms with E-state index in [1.54, 1.807) is 12.3 Å². The van der Waals surface area contributed by atoms with Crippen molar-refractivity contribution < 1.29 is 13.9 Å². The molecule has 6 heteroatoms. The first-order valence-electron chi connectivity index (χ1n) is 13.9. The van der Waals surface area contributed by atoms with Crippen molar-refractivity contribution in [3.05, 3.63) is 90.1 Å². The summed E-state index contributed by atoms with van der Waals surface area (Å²) in [5.41, 5.74) is 6.02. The molecule has 2 aromatic heterocycles. The quantitative estimate of drug-likeness (QED) is 0.290. The maximum atomic E-state index is 15.3. The summed E-state index contributed by atoms with van der Waals surface area (Å²) in [7, 11) is 0. The lowest BCUT2D eigenvalue weighted by Gasteiger charge is -2.54. The van der Waals surface area contributed by atoms with Crippen LogP contribution in [-0.2, 0) is 21.3 Å². The van der Waals surface area contributed by atoms with Crippen molar-refractivity contribution in [2.45, 2.75) is 50.7 Å². The van der Waals surface area contributed by atoms with Gasteiger partial charge >= 0.3 is 0 Å². The number of aromatic nitrogens is 3. The molecule has 7 rings (SSSR count). The summed E-state index contributed by atoms with van der Waals surface area (Å²) >= 11 is 0. The van der Waals surface area contributed by atoms with Crippen molar-refractivity contribution in [3.8, 4) is 33.8 Å². The van der Waals surface area contributed by atoms with Crippen LogP contribution in [0.5, 0.6) is 0 Å². The molecule has 3 atom stereocenters. The highest BCUT2D eigenvalue weighted by Crippen LogP contribution is 2.57. The fourth-order valence-electron chi connectivity index (χ4n) is 7.37. The highest BCUT2D eigenvalue weighted by Gasteiger charge is 2.57. The molecule has 2 aromatic carbocycles. The average molecular weight is 522 g/mol. The van der Waals surface area contributed by atoms with E-state index >= 15 is 4.39 Å². The van der Waals surface area contributed by atoms with E-state index in [1.807, 2.05) is 42.6 Å². The van der Waals surface area contributed by atoms with Gasteiger partial charge in [-0.15, -0.1) is 0 Å². The number of nitrogens with zero attached hydrogens (tertiary/aromatic N) is 3. The normalized spacial score (nSPS) is 25.3. The van der Waals surface area contributed by atoms with Gasteiger partial charge in [-0.1, -0.05) is 56.3 Å². The van der Waals surface area contributed by atoms with E-state index in [2.05, 4.69) is 31.0 Å². The van der Waals surface area contributed by atoms with Gasteiger partial charge in [0.2, 0.25) is 0 Å². The van der Waals surface area contributed by atoms with Crippen LogP contribution >= 0.6 is 0 Å². The molecule has 0 radical (unpaired) electrons. The Labute approximate surface area is 228 Å². The molecule has 0 amide bonds. The number of benzene rings is 2. The van der Waals surface area contributed by atoms with Crippen LogP contribution in [0.1, 0.15) is 44.4 Å². The zero-order chi connectivity index (χ0) is 26.6. The van der Waals surface area contributed by atoms with E-state index in [1.165, 1.54) is 6.07 Å². The molecule has 5 nitrogen and oxygen atoms in total. The van der Waals surface area contributed by atoms with Gasteiger partial charge in [0.15, 0.2) is 11.6 Å². The van der Waals surface area contributed by atoms with Crippen molar-refractivity contribution in [2.75, 3.05) is 13.2 Å². The lowest BCUT2D eigenvalue weighted by molar-refractivity contribution is -0.234. The molecule has 2 fully saturated rings. The summed E-state index contributed by atoms with van der Waals surface area (Å²) < 4.78 is 27.8. The molecule has 2 aliphatic carbocycles. The Bertz CT molecular complexity index is 1540. The van der Waals surface area contributed by atoms with E-state index in [0.29, 0.717) is 36.2 Å². The molecule has 3 heterocycles. The van der Waals surface area contributed by atoms with Gasteiger partial charge in [-0.3, -0.25) is 4.98 Å². The lowest BCUT2D eigenvalue weighted by atomic mass is 9.54. The molecule has 1 saturated carbocycles. The molecule has 0 bridgehead atoms. The molecule has 0 unspecified atom stereocenters. The molecule has 198 valence electrons. The van der Waals surface area contributed by atoms with Gasteiger partial charge in [0.25, 0.3) is 0 Å². The SMILES string of the molecule is C[C@@H]1[C@H]2CCc3c(-c4ccccc4F)nc(-c4ccncc4-c4ccccc4)nc3[C@]2(C)CCC12OCCO2. The van der Waals surface area contributed by atoms with Crippen molar-refractivity contribution in [1.82, 2.24) is 15.0 Å². The van der Waals surface area contributed by atoms with Gasteiger partial charge < -0.3 is 9.47 Å². The van der Waals surface area contributed by atoms with Gasteiger partial charge in [0, 0.05) is 52.4 Å². The second kappa shape index (κ2) is 9.32. The summed E-state index contributed by atoms with van der Waals surface area (Å²) in [6.45, 7) is 5.91. The topological polar surface area (TPSA) is 57.1 Å². The molecule has 39 heavy (non-hydrogen) atoms. The van der Waals surface area contributed by atoms with Crippen LogP contribution in [0.25, 0.3) is 33.8 Å². The first-order chi connectivity index (χ1) is 19.0. The van der Waals surface area contributed by atoms with E-state index in [0.717, 1.165) is 53.6 Å². The van der Waals surface area contributed by atoms with E-state index < -0.39 is 5.79 Å². The molecule has 3 aliphatic rings. The van der Waals surface area contributed by atoms with Crippen molar-refractivity contribution in [3.63, 3.8) is 0 Å². The smallest absolute Gasteiger partial charge is 0.171 e. The van der Waals surface area contributed by atoms with Crippen molar-refractivity contribution >= 4 is 0 Å². The Morgan fingerprint density at radius 3 is 2.44 bits per heavy atom. The molecule has 1 aliphatic heterocycles. The molecular formula is C33H32FN3O2. The van der Waals surface area contributed by atoms with Gasteiger partial charge in [0.05, 0.1) is 24.6 Å². The number of rotatable bonds is 3. The van der Waals surface area contributed by atoms with Crippen LogP contribution in [0.15, 0.2) is 73.1 Å². The van der Waals surface area contributed by atoms with Gasteiger partial charge in [-0.05, 0) is 48.9 Å². The van der Waals surface area contributed by atoms with Crippen LogP contribution in [0.3, 0.4) is 0 Å². The number of hydrogen-bond acceptors (Lipinski definition) is 5. The Morgan fingerprint density at radius 1 is 0.872 bits per heavy atom. The minimum Gasteiger partial charge on any atom is -0.347 e. The van der Waals surface area contributed by atoms with Crippen LogP contribution in [-0.4, -0.2) is 34.0 Å². The Morgan fingerprint density at radius 2 is 1.64 bits per heavy atom. The molecule has 1 spiro atoms. The van der Waals surface area contributed by atoms with Crippen molar-refractivity contribution in [2.24, 2.45) is 11.8 Å². The number of fused-ring (bicyclic) bond motifs is 3. The minimum atomic E-state index is -0.502. The van der Waals surface area contributed by atoms with Crippen LogP contribution in [0.2, 0.25) is 0 Å². The third-order valence-corrected chi connectivity index (χ3v) is 9.41. The van der Waals surface area contributed by atoms with Crippen LogP contribution in [0, 0.1) is 17.7 Å². The van der Waals surface area contributed by atoms with Crippen LogP contribution in [0.4, 0.5) is 4.39 Å². The first kappa shape index (κ1) is 24.6. The van der Waals surface area contributed by atoms with E-state index in [4.69, 9.17) is 19.4 Å². The lowest BCUT2D eigenvalue weighted by Crippen LogP contribution is -2.55. The standard InChI is InChI=1S/C33H32FN3O2/c1-21-27-13-12-25-29(24-10-6-7-11-28(24)34)36-31(23-14-17-35-20-26(23)22-8-4-3-5-9-22)37-30(25)32(27,2)15-16-33(21)38-18-19-39-33/h3-11,14,17,20-21,27H,12-13,15-16,18-19H2,1-2H3/t21-,27-,32-/m1/s1. The molecule has 4 aromatic rings. The maximum absolute atomic E-state index is 15.3. The minimum absolute atomic E-state index is 0.203. The number of pyridine rings is 1.